The van der Waals surface area contributed by atoms with E-state index in [1.54, 1.807) is 4.68 Å². The maximum atomic E-state index is 13.1. The van der Waals surface area contributed by atoms with Gasteiger partial charge in [0, 0.05) is 13.1 Å². The molecule has 0 amide bonds. The van der Waals surface area contributed by atoms with Crippen LogP contribution in [0.5, 0.6) is 5.75 Å². The van der Waals surface area contributed by atoms with Crippen LogP contribution in [0.25, 0.3) is 0 Å². The number of halogens is 2. The molecule has 0 spiro atoms. The number of hydrogen-bond donors (Lipinski definition) is 1. The molecule has 0 aliphatic heterocycles. The van der Waals surface area contributed by atoms with Crippen LogP contribution < -0.4 is 10.5 Å². The summed E-state index contributed by atoms with van der Waals surface area (Å²) < 4.78 is 21.4. The third kappa shape index (κ3) is 2.89. The van der Waals surface area contributed by atoms with Crippen molar-refractivity contribution in [3.63, 3.8) is 0 Å². The zero-order chi connectivity index (χ0) is 14.0. The summed E-state index contributed by atoms with van der Waals surface area (Å²) in [6, 6.07) is 4.07. The minimum absolute atomic E-state index is 0.276. The fourth-order valence-electron chi connectivity index (χ4n) is 1.76. The number of benzene rings is 1. The molecule has 0 unspecified atom stereocenters. The number of hydrogen-bond acceptors (Lipinski definition) is 3. The van der Waals surface area contributed by atoms with Crippen LogP contribution in [0.2, 0.25) is 0 Å². The van der Waals surface area contributed by atoms with Gasteiger partial charge in [0.15, 0.2) is 0 Å². The second-order valence-corrected chi connectivity index (χ2v) is 4.95. The Morgan fingerprint density at radius 2 is 2.21 bits per heavy atom. The molecule has 0 saturated heterocycles. The second kappa shape index (κ2) is 5.61. The minimum Gasteiger partial charge on any atom is -0.485 e. The molecule has 2 N–H and O–H groups in total. The maximum absolute atomic E-state index is 13.1. The van der Waals surface area contributed by atoms with Crippen LogP contribution in [0, 0.1) is 5.82 Å². The molecule has 0 aliphatic rings. The van der Waals surface area contributed by atoms with Gasteiger partial charge in [-0.1, -0.05) is 6.92 Å². The van der Waals surface area contributed by atoms with E-state index in [1.807, 2.05) is 14.0 Å². The summed E-state index contributed by atoms with van der Waals surface area (Å²) in [5, 5.41) is 4.37. The molecule has 1 aromatic carbocycles. The summed E-state index contributed by atoms with van der Waals surface area (Å²) in [6.07, 6.45) is 0.830. The Bertz CT molecular complexity index is 598. The third-order valence-electron chi connectivity index (χ3n) is 2.84. The summed E-state index contributed by atoms with van der Waals surface area (Å²) in [5.41, 5.74) is 8.00. The van der Waals surface area contributed by atoms with Gasteiger partial charge in [-0.2, -0.15) is 5.10 Å². The van der Waals surface area contributed by atoms with Gasteiger partial charge >= 0.3 is 0 Å². The number of anilines is 1. The fourth-order valence-corrected chi connectivity index (χ4v) is 2.49. The molecule has 0 saturated carbocycles. The van der Waals surface area contributed by atoms with Gasteiger partial charge in [0.05, 0.1) is 21.5 Å². The molecule has 4 nitrogen and oxygen atoms in total. The predicted octanol–water partition coefficient (Wildman–Crippen LogP) is 3.05. The predicted molar refractivity (Wildman–Crippen MR) is 75.4 cm³/mol. The van der Waals surface area contributed by atoms with Crippen LogP contribution in [0.1, 0.15) is 18.3 Å². The molecule has 0 aliphatic carbocycles. The summed E-state index contributed by atoms with van der Waals surface area (Å²) in [6.45, 7) is 2.31. The van der Waals surface area contributed by atoms with E-state index in [-0.39, 0.29) is 12.4 Å². The molecule has 102 valence electrons. The molecule has 2 aromatic rings. The smallest absolute Gasteiger partial charge is 0.145 e. The second-order valence-electron chi connectivity index (χ2n) is 4.16. The largest absolute Gasteiger partial charge is 0.485 e. The lowest BCUT2D eigenvalue weighted by atomic mass is 10.3. The van der Waals surface area contributed by atoms with Gasteiger partial charge in [-0.3, -0.25) is 4.68 Å². The van der Waals surface area contributed by atoms with E-state index in [9.17, 15) is 4.39 Å². The van der Waals surface area contributed by atoms with E-state index in [1.165, 1.54) is 18.2 Å². The van der Waals surface area contributed by atoms with Crippen LogP contribution in [0.4, 0.5) is 10.1 Å². The van der Waals surface area contributed by atoms with Crippen molar-refractivity contribution < 1.29 is 9.13 Å². The molecule has 6 heteroatoms. The van der Waals surface area contributed by atoms with Gasteiger partial charge in [-0.15, -0.1) is 0 Å². The van der Waals surface area contributed by atoms with Crippen LogP contribution in [-0.4, -0.2) is 9.78 Å². The van der Waals surface area contributed by atoms with Gasteiger partial charge in [0.25, 0.3) is 0 Å². The molecule has 0 fully saturated rings. The molecule has 1 heterocycles. The van der Waals surface area contributed by atoms with Crippen molar-refractivity contribution in [3.8, 4) is 5.75 Å². The van der Waals surface area contributed by atoms with Crippen LogP contribution in [0.15, 0.2) is 22.7 Å². The molecular weight excluding hydrogens is 313 g/mol. The van der Waals surface area contributed by atoms with E-state index in [2.05, 4.69) is 21.0 Å². The summed E-state index contributed by atoms with van der Waals surface area (Å²) in [4.78, 5) is 0. The quantitative estimate of drug-likeness (QED) is 0.878. The third-order valence-corrected chi connectivity index (χ3v) is 3.76. The summed E-state index contributed by atoms with van der Waals surface area (Å²) in [5.74, 6) is -0.0336. The first-order chi connectivity index (χ1) is 9.02. The fraction of sp³-hybridized carbons (Fsp3) is 0.308. The summed E-state index contributed by atoms with van der Waals surface area (Å²) >= 11 is 3.50. The van der Waals surface area contributed by atoms with E-state index < -0.39 is 0 Å². The number of aromatic nitrogens is 2. The number of ether oxygens (including phenoxy) is 1. The highest BCUT2D eigenvalue weighted by atomic mass is 79.9. The number of aryl methyl sites for hydroxylation is 2. The van der Waals surface area contributed by atoms with Gasteiger partial charge in [-0.25, -0.2) is 4.39 Å². The Kier molecular flexibility index (Phi) is 4.09. The average molecular weight is 328 g/mol. The van der Waals surface area contributed by atoms with E-state index in [0.29, 0.717) is 11.4 Å². The first-order valence-electron chi connectivity index (χ1n) is 5.91. The summed E-state index contributed by atoms with van der Waals surface area (Å²) in [7, 11) is 1.84. The number of rotatable bonds is 4. The SMILES string of the molecule is CCc1nn(C)c(COc2cc(F)ccc2N)c1Br. The van der Waals surface area contributed by atoms with E-state index >= 15 is 0 Å². The van der Waals surface area contributed by atoms with Crippen LogP contribution in [0.3, 0.4) is 0 Å². The molecule has 0 radical (unpaired) electrons. The van der Waals surface area contributed by atoms with Crippen molar-refractivity contribution in [2.24, 2.45) is 7.05 Å². The average Bonchev–Trinajstić information content (AvgIpc) is 2.66. The van der Waals surface area contributed by atoms with E-state index in [0.717, 1.165) is 22.3 Å². The molecule has 0 bridgehead atoms. The molecule has 1 aromatic heterocycles. The minimum atomic E-state index is -0.373. The van der Waals surface area contributed by atoms with Gasteiger partial charge in [-0.05, 0) is 34.5 Å². The molecule has 0 atom stereocenters. The molecule has 19 heavy (non-hydrogen) atoms. The van der Waals surface area contributed by atoms with Gasteiger partial charge in [0.2, 0.25) is 0 Å². The zero-order valence-electron chi connectivity index (χ0n) is 10.8. The van der Waals surface area contributed by atoms with Gasteiger partial charge in [0.1, 0.15) is 18.2 Å². The van der Waals surface area contributed by atoms with Crippen molar-refractivity contribution in [2.45, 2.75) is 20.0 Å². The highest BCUT2D eigenvalue weighted by Crippen LogP contribution is 2.26. The molecular formula is C13H15BrFN3O. The maximum Gasteiger partial charge on any atom is 0.145 e. The van der Waals surface area contributed by atoms with Gasteiger partial charge < -0.3 is 10.5 Å². The first kappa shape index (κ1) is 13.9. The van der Waals surface area contributed by atoms with Crippen molar-refractivity contribution in [3.05, 3.63) is 39.9 Å². The highest BCUT2D eigenvalue weighted by Gasteiger charge is 2.13. The number of nitrogens with zero attached hydrogens (tertiary/aromatic N) is 2. The Morgan fingerprint density at radius 1 is 1.47 bits per heavy atom. The van der Waals surface area contributed by atoms with Crippen molar-refractivity contribution >= 4 is 21.6 Å². The first-order valence-corrected chi connectivity index (χ1v) is 6.70. The monoisotopic (exact) mass is 327 g/mol. The van der Waals surface area contributed by atoms with Crippen molar-refractivity contribution in [2.75, 3.05) is 5.73 Å². The Labute approximate surface area is 119 Å². The standard InChI is InChI=1S/C13H15BrFN3O/c1-3-10-13(14)11(18(2)17-10)7-19-12-6-8(15)4-5-9(12)16/h4-6H,3,7,16H2,1-2H3. The number of nitrogen functional groups attached to an aromatic ring is 1. The molecule has 2 rings (SSSR count). The van der Waals surface area contributed by atoms with Crippen molar-refractivity contribution in [1.29, 1.82) is 0 Å². The lowest BCUT2D eigenvalue weighted by Crippen LogP contribution is -2.05. The topological polar surface area (TPSA) is 53.1 Å². The lowest BCUT2D eigenvalue weighted by molar-refractivity contribution is 0.294. The number of nitrogens with two attached hydrogens (primary N) is 1. The zero-order valence-corrected chi connectivity index (χ0v) is 12.4. The van der Waals surface area contributed by atoms with Crippen LogP contribution in [-0.2, 0) is 20.1 Å². The normalized spacial score (nSPS) is 10.7. The van der Waals surface area contributed by atoms with Crippen molar-refractivity contribution in [1.82, 2.24) is 9.78 Å². The van der Waals surface area contributed by atoms with E-state index in [4.69, 9.17) is 10.5 Å². The Balaban J connectivity index is 2.19. The lowest BCUT2D eigenvalue weighted by Gasteiger charge is -2.09. The highest BCUT2D eigenvalue weighted by molar-refractivity contribution is 9.10. The van der Waals surface area contributed by atoms with Crippen LogP contribution >= 0.6 is 15.9 Å². The Morgan fingerprint density at radius 3 is 2.84 bits per heavy atom. The Hall–Kier alpha value is -1.56.